The summed E-state index contributed by atoms with van der Waals surface area (Å²) in [7, 11) is 3.64. The van der Waals surface area contributed by atoms with Gasteiger partial charge in [-0.1, -0.05) is 24.3 Å². The summed E-state index contributed by atoms with van der Waals surface area (Å²) in [6.07, 6.45) is 7.28. The van der Waals surface area contributed by atoms with E-state index in [1.165, 1.54) is 0 Å². The monoisotopic (exact) mass is 313 g/mol. The molecule has 0 spiro atoms. The van der Waals surface area contributed by atoms with Crippen LogP contribution in [0.1, 0.15) is 31.2 Å². The van der Waals surface area contributed by atoms with Gasteiger partial charge in [0.1, 0.15) is 12.0 Å². The van der Waals surface area contributed by atoms with Crippen LogP contribution in [0.25, 0.3) is 0 Å². The molecule has 0 amide bonds. The maximum absolute atomic E-state index is 12.3. The first-order valence-corrected chi connectivity index (χ1v) is 7.87. The van der Waals surface area contributed by atoms with E-state index in [1.54, 1.807) is 7.11 Å². The first kappa shape index (κ1) is 17.0. The molecule has 1 aromatic rings. The number of likely N-dealkylation sites (N-methyl/N-ethyl adjacent to an activating group) is 1. The van der Waals surface area contributed by atoms with Crippen molar-refractivity contribution in [2.45, 2.75) is 32.2 Å². The third-order valence-electron chi connectivity index (χ3n) is 3.91. The summed E-state index contributed by atoms with van der Waals surface area (Å²) < 4.78 is 5.17. The first-order valence-electron chi connectivity index (χ1n) is 7.87. The molecule has 0 N–H and O–H groups in total. The summed E-state index contributed by atoms with van der Waals surface area (Å²) in [5.74, 6) is 0.877. The maximum Gasteiger partial charge on any atom is 0.165 e. The SMILES string of the molecule is COc1ccc(CN(C)C2=CCCC=C2C(=O)CCC=O)cc1. The van der Waals surface area contributed by atoms with Gasteiger partial charge in [0.25, 0.3) is 0 Å². The molecule has 0 saturated carbocycles. The molecule has 122 valence electrons. The molecule has 0 aromatic heterocycles. The van der Waals surface area contributed by atoms with Gasteiger partial charge in [0, 0.05) is 37.7 Å². The predicted octanol–water partition coefficient (Wildman–Crippen LogP) is 3.28. The lowest BCUT2D eigenvalue weighted by molar-refractivity contribution is -0.117. The van der Waals surface area contributed by atoms with Crippen LogP contribution in [0.15, 0.2) is 47.7 Å². The highest BCUT2D eigenvalue weighted by atomic mass is 16.5. The van der Waals surface area contributed by atoms with Crippen molar-refractivity contribution in [1.29, 1.82) is 0 Å². The highest BCUT2D eigenvalue weighted by Gasteiger charge is 2.19. The number of hydrogen-bond donors (Lipinski definition) is 0. The zero-order valence-corrected chi connectivity index (χ0v) is 13.7. The molecule has 0 bridgehead atoms. The number of ether oxygens (including phenoxy) is 1. The molecule has 0 heterocycles. The number of ketones is 1. The third kappa shape index (κ3) is 4.55. The summed E-state index contributed by atoms with van der Waals surface area (Å²) in [6, 6.07) is 7.92. The molecule has 1 aliphatic carbocycles. The summed E-state index contributed by atoms with van der Waals surface area (Å²) in [4.78, 5) is 24.9. The standard InChI is InChI=1S/C19H23NO3/c1-20(14-15-9-11-16(23-2)12-10-15)18-7-4-3-6-17(18)19(22)8-5-13-21/h6-7,9-13H,3-5,8,14H2,1-2H3. The molecule has 0 radical (unpaired) electrons. The first-order chi connectivity index (χ1) is 11.2. The van der Waals surface area contributed by atoms with Crippen molar-refractivity contribution in [2.75, 3.05) is 14.2 Å². The van der Waals surface area contributed by atoms with Gasteiger partial charge in [0.05, 0.1) is 7.11 Å². The average Bonchev–Trinajstić information content (AvgIpc) is 2.60. The highest BCUT2D eigenvalue weighted by molar-refractivity contribution is 6.00. The zero-order chi connectivity index (χ0) is 16.7. The van der Waals surface area contributed by atoms with Gasteiger partial charge in [-0.3, -0.25) is 4.79 Å². The van der Waals surface area contributed by atoms with E-state index in [0.717, 1.165) is 41.7 Å². The van der Waals surface area contributed by atoms with Gasteiger partial charge in [-0.2, -0.15) is 0 Å². The number of allylic oxidation sites excluding steroid dienone is 3. The smallest absolute Gasteiger partial charge is 0.165 e. The minimum Gasteiger partial charge on any atom is -0.497 e. The van der Waals surface area contributed by atoms with Crippen LogP contribution in [-0.2, 0) is 16.1 Å². The molecule has 0 unspecified atom stereocenters. The number of carbonyl (C=O) groups excluding carboxylic acids is 2. The van der Waals surface area contributed by atoms with Gasteiger partial charge in [-0.15, -0.1) is 0 Å². The molecule has 0 saturated heterocycles. The summed E-state index contributed by atoms with van der Waals surface area (Å²) in [5, 5.41) is 0. The molecule has 1 aromatic carbocycles. The van der Waals surface area contributed by atoms with Crippen molar-refractivity contribution in [3.63, 3.8) is 0 Å². The molecule has 0 atom stereocenters. The Bertz CT molecular complexity index is 614. The Morgan fingerprint density at radius 1 is 1.22 bits per heavy atom. The number of rotatable bonds is 8. The van der Waals surface area contributed by atoms with Crippen LogP contribution in [0.3, 0.4) is 0 Å². The molecular formula is C19H23NO3. The van der Waals surface area contributed by atoms with Crippen molar-refractivity contribution in [3.05, 3.63) is 53.3 Å². The van der Waals surface area contributed by atoms with Gasteiger partial charge in [0.15, 0.2) is 5.78 Å². The van der Waals surface area contributed by atoms with Crippen molar-refractivity contribution in [3.8, 4) is 5.75 Å². The number of Topliss-reactive ketones (excluding diaryl/α,β-unsaturated/α-hetero) is 1. The fourth-order valence-electron chi connectivity index (χ4n) is 2.70. The molecule has 4 heteroatoms. The topological polar surface area (TPSA) is 46.6 Å². The van der Waals surface area contributed by atoms with Gasteiger partial charge in [-0.25, -0.2) is 0 Å². The van der Waals surface area contributed by atoms with E-state index < -0.39 is 0 Å². The summed E-state index contributed by atoms with van der Waals surface area (Å²) in [5.41, 5.74) is 2.86. The van der Waals surface area contributed by atoms with E-state index in [-0.39, 0.29) is 18.6 Å². The number of benzene rings is 1. The van der Waals surface area contributed by atoms with Crippen molar-refractivity contribution >= 4 is 12.1 Å². The van der Waals surface area contributed by atoms with Crippen LogP contribution in [0.5, 0.6) is 5.75 Å². The lowest BCUT2D eigenvalue weighted by atomic mass is 9.96. The molecular weight excluding hydrogens is 290 g/mol. The van der Waals surface area contributed by atoms with E-state index in [9.17, 15) is 9.59 Å². The van der Waals surface area contributed by atoms with E-state index in [2.05, 4.69) is 11.0 Å². The van der Waals surface area contributed by atoms with E-state index in [4.69, 9.17) is 4.74 Å². The normalized spacial score (nSPS) is 13.8. The highest BCUT2D eigenvalue weighted by Crippen LogP contribution is 2.25. The maximum atomic E-state index is 12.3. The molecule has 23 heavy (non-hydrogen) atoms. The van der Waals surface area contributed by atoms with Crippen LogP contribution in [-0.4, -0.2) is 31.1 Å². The van der Waals surface area contributed by atoms with Crippen molar-refractivity contribution in [1.82, 2.24) is 4.90 Å². The van der Waals surface area contributed by atoms with E-state index in [1.807, 2.05) is 37.4 Å². The average molecular weight is 313 g/mol. The minimum atomic E-state index is 0.0460. The predicted molar refractivity (Wildman–Crippen MR) is 90.2 cm³/mol. The van der Waals surface area contributed by atoms with Crippen LogP contribution in [0.2, 0.25) is 0 Å². The van der Waals surface area contributed by atoms with E-state index in [0.29, 0.717) is 6.54 Å². The van der Waals surface area contributed by atoms with Crippen LogP contribution in [0, 0.1) is 0 Å². The van der Waals surface area contributed by atoms with Gasteiger partial charge in [0.2, 0.25) is 0 Å². The number of aldehydes is 1. The molecule has 0 aliphatic heterocycles. The largest absolute Gasteiger partial charge is 0.497 e. The van der Waals surface area contributed by atoms with Crippen LogP contribution < -0.4 is 4.74 Å². The summed E-state index contributed by atoms with van der Waals surface area (Å²) >= 11 is 0. The van der Waals surface area contributed by atoms with Crippen molar-refractivity contribution in [2.24, 2.45) is 0 Å². The fourth-order valence-corrected chi connectivity index (χ4v) is 2.70. The fraction of sp³-hybridized carbons (Fsp3) is 0.368. The van der Waals surface area contributed by atoms with Crippen LogP contribution in [0.4, 0.5) is 0 Å². The Balaban J connectivity index is 2.07. The quantitative estimate of drug-likeness (QED) is 0.691. The molecule has 1 aliphatic rings. The van der Waals surface area contributed by atoms with Gasteiger partial charge >= 0.3 is 0 Å². The minimum absolute atomic E-state index is 0.0460. The summed E-state index contributed by atoms with van der Waals surface area (Å²) in [6.45, 7) is 0.716. The number of nitrogens with zero attached hydrogens (tertiary/aromatic N) is 1. The Kier molecular flexibility index (Phi) is 6.15. The number of methoxy groups -OCH3 is 1. The molecule has 0 fully saturated rings. The Labute approximate surface area is 137 Å². The number of carbonyl (C=O) groups is 2. The second-order valence-electron chi connectivity index (χ2n) is 5.62. The van der Waals surface area contributed by atoms with Crippen molar-refractivity contribution < 1.29 is 14.3 Å². The van der Waals surface area contributed by atoms with Gasteiger partial charge < -0.3 is 14.4 Å². The second-order valence-corrected chi connectivity index (χ2v) is 5.62. The lowest BCUT2D eigenvalue weighted by Crippen LogP contribution is -2.23. The number of hydrogen-bond acceptors (Lipinski definition) is 4. The second kappa shape index (κ2) is 8.32. The molecule has 2 rings (SSSR count). The molecule has 4 nitrogen and oxygen atoms in total. The van der Waals surface area contributed by atoms with Gasteiger partial charge in [-0.05, 0) is 30.5 Å². The van der Waals surface area contributed by atoms with E-state index >= 15 is 0 Å². The Morgan fingerprint density at radius 3 is 2.57 bits per heavy atom. The Hall–Kier alpha value is -2.36. The van der Waals surface area contributed by atoms with Crippen LogP contribution >= 0.6 is 0 Å². The Morgan fingerprint density at radius 2 is 1.91 bits per heavy atom. The third-order valence-corrected chi connectivity index (χ3v) is 3.91. The lowest BCUT2D eigenvalue weighted by Gasteiger charge is -2.26. The zero-order valence-electron chi connectivity index (χ0n) is 13.7.